The first kappa shape index (κ1) is 18.1. The van der Waals surface area contributed by atoms with Gasteiger partial charge in [0.1, 0.15) is 11.6 Å². The normalized spacial score (nSPS) is 19.7. The monoisotopic (exact) mass is 378 g/mol. The average molecular weight is 378 g/mol. The molecule has 0 bridgehead atoms. The number of carbonyl (C=O) groups is 1. The summed E-state index contributed by atoms with van der Waals surface area (Å²) in [6, 6.07) is 7.44. The van der Waals surface area contributed by atoms with Gasteiger partial charge in [-0.2, -0.15) is 5.10 Å². The Kier molecular flexibility index (Phi) is 4.57. The molecule has 2 aromatic rings. The molecule has 26 heavy (non-hydrogen) atoms. The van der Waals surface area contributed by atoms with Crippen molar-refractivity contribution in [3.8, 4) is 5.69 Å². The second-order valence-electron chi connectivity index (χ2n) is 6.29. The summed E-state index contributed by atoms with van der Waals surface area (Å²) in [7, 11) is -3.92. The first-order chi connectivity index (χ1) is 12.2. The minimum absolute atomic E-state index is 0.0542. The molecule has 0 radical (unpaired) electrons. The van der Waals surface area contributed by atoms with Gasteiger partial charge in [-0.15, -0.1) is 0 Å². The average Bonchev–Trinajstić information content (AvgIpc) is 3.04. The van der Waals surface area contributed by atoms with Gasteiger partial charge in [-0.25, -0.2) is 22.2 Å². The summed E-state index contributed by atoms with van der Waals surface area (Å²) in [6.07, 6.45) is 0. The van der Waals surface area contributed by atoms with Crippen molar-refractivity contribution >= 4 is 21.7 Å². The van der Waals surface area contributed by atoms with E-state index in [9.17, 15) is 17.6 Å². The Hall–Kier alpha value is -2.68. The molecule has 1 aromatic carbocycles. The van der Waals surface area contributed by atoms with Crippen LogP contribution < -0.4 is 9.62 Å². The van der Waals surface area contributed by atoms with E-state index in [1.54, 1.807) is 12.1 Å². The number of rotatable bonds is 5. The zero-order valence-corrected chi connectivity index (χ0v) is 15.2. The molecular formula is C17H19FN4O3S. The van der Waals surface area contributed by atoms with Crippen LogP contribution in [0.25, 0.3) is 5.69 Å². The summed E-state index contributed by atoms with van der Waals surface area (Å²) in [4.78, 5) is 14.3. The summed E-state index contributed by atoms with van der Waals surface area (Å²) >= 11 is 0. The largest absolute Gasteiger partial charge is 0.353 e. The summed E-state index contributed by atoms with van der Waals surface area (Å²) in [5.41, 5.74) is 0.514. The van der Waals surface area contributed by atoms with Crippen LogP contribution >= 0.6 is 0 Å². The fourth-order valence-corrected chi connectivity index (χ4v) is 3.23. The molecule has 1 aromatic heterocycles. The van der Waals surface area contributed by atoms with Gasteiger partial charge in [0.25, 0.3) is 15.9 Å². The van der Waals surface area contributed by atoms with Gasteiger partial charge < -0.3 is 4.90 Å². The smallest absolute Gasteiger partial charge is 0.285 e. The molecule has 1 saturated heterocycles. The van der Waals surface area contributed by atoms with E-state index in [0.29, 0.717) is 22.8 Å². The molecule has 0 saturated carbocycles. The molecule has 1 N–H and O–H groups in total. The fraction of sp³-hybridized carbons (Fsp3) is 0.294. The highest BCUT2D eigenvalue weighted by Crippen LogP contribution is 2.32. The number of carbonyl (C=O) groups excluding carboxylic acids is 1. The molecule has 1 aliphatic heterocycles. The number of halogens is 1. The first-order valence-electron chi connectivity index (χ1n) is 8.04. The van der Waals surface area contributed by atoms with Crippen LogP contribution in [0.15, 0.2) is 42.3 Å². The third kappa shape index (κ3) is 3.34. The van der Waals surface area contributed by atoms with E-state index in [0.717, 1.165) is 6.54 Å². The van der Waals surface area contributed by atoms with E-state index in [4.69, 9.17) is 0 Å². The molecule has 0 aliphatic carbocycles. The Balaban J connectivity index is 2.01. The molecule has 1 amide bonds. The van der Waals surface area contributed by atoms with E-state index >= 15 is 0 Å². The van der Waals surface area contributed by atoms with Gasteiger partial charge in [0, 0.05) is 24.1 Å². The van der Waals surface area contributed by atoms with E-state index < -0.39 is 15.9 Å². The Labute approximate surface area is 151 Å². The van der Waals surface area contributed by atoms with E-state index in [-0.39, 0.29) is 17.6 Å². The molecule has 1 aliphatic rings. The number of aromatic nitrogens is 2. The van der Waals surface area contributed by atoms with Crippen molar-refractivity contribution in [3.05, 3.63) is 53.8 Å². The molecule has 3 rings (SSSR count). The number of nitrogens with one attached hydrogen (secondary N) is 1. The molecule has 2 heterocycles. The lowest BCUT2D eigenvalue weighted by atomic mass is 9.92. The minimum atomic E-state index is -3.92. The van der Waals surface area contributed by atoms with Crippen molar-refractivity contribution in [1.82, 2.24) is 14.5 Å². The molecular weight excluding hydrogens is 359 g/mol. The highest BCUT2D eigenvalue weighted by Gasteiger charge is 2.35. The Bertz CT molecular complexity index is 953. The number of benzene rings is 1. The Morgan fingerprint density at radius 1 is 1.35 bits per heavy atom. The van der Waals surface area contributed by atoms with Crippen molar-refractivity contribution in [2.45, 2.75) is 19.9 Å². The maximum atomic E-state index is 13.2. The third-order valence-corrected chi connectivity index (χ3v) is 5.45. The van der Waals surface area contributed by atoms with Gasteiger partial charge in [-0.3, -0.25) is 4.79 Å². The zero-order valence-electron chi connectivity index (χ0n) is 14.4. The lowest BCUT2D eigenvalue weighted by molar-refractivity contribution is 0.0976. The van der Waals surface area contributed by atoms with Gasteiger partial charge >= 0.3 is 0 Å². The van der Waals surface area contributed by atoms with Gasteiger partial charge in [-0.05, 0) is 37.1 Å². The molecule has 0 spiro atoms. The number of amides is 1. The second kappa shape index (κ2) is 6.56. The summed E-state index contributed by atoms with van der Waals surface area (Å²) in [5, 5.41) is 4.89. The summed E-state index contributed by atoms with van der Waals surface area (Å²) < 4.78 is 39.7. The zero-order chi connectivity index (χ0) is 19.1. The van der Waals surface area contributed by atoms with E-state index in [2.05, 4.69) is 30.4 Å². The third-order valence-electron chi connectivity index (χ3n) is 4.54. The molecule has 138 valence electrons. The molecule has 7 nitrogen and oxygen atoms in total. The maximum absolute atomic E-state index is 13.2. The van der Waals surface area contributed by atoms with Crippen molar-refractivity contribution in [1.29, 1.82) is 0 Å². The van der Waals surface area contributed by atoms with Gasteiger partial charge in [0.2, 0.25) is 0 Å². The Morgan fingerprint density at radius 3 is 2.54 bits per heavy atom. The highest BCUT2D eigenvalue weighted by atomic mass is 32.2. The minimum Gasteiger partial charge on any atom is -0.353 e. The maximum Gasteiger partial charge on any atom is 0.285 e. The van der Waals surface area contributed by atoms with Crippen LogP contribution in [0, 0.1) is 11.7 Å². The summed E-state index contributed by atoms with van der Waals surface area (Å²) in [6.45, 7) is 8.10. The Morgan fingerprint density at radius 2 is 2.00 bits per heavy atom. The van der Waals surface area contributed by atoms with Crippen LogP contribution in [-0.4, -0.2) is 36.7 Å². The number of hydrogen-bond donors (Lipinski definition) is 1. The lowest BCUT2D eigenvalue weighted by Crippen LogP contribution is -2.54. The van der Waals surface area contributed by atoms with Crippen molar-refractivity contribution in [3.63, 3.8) is 0 Å². The van der Waals surface area contributed by atoms with Gasteiger partial charge in [0.15, 0.2) is 5.69 Å². The van der Waals surface area contributed by atoms with E-state index in [1.807, 2.05) is 4.72 Å². The van der Waals surface area contributed by atoms with E-state index in [1.165, 1.54) is 22.9 Å². The molecule has 1 fully saturated rings. The molecule has 0 unspecified atom stereocenters. The van der Waals surface area contributed by atoms with Gasteiger partial charge in [-0.1, -0.05) is 13.5 Å². The highest BCUT2D eigenvalue weighted by molar-refractivity contribution is 7.92. The molecule has 2 atom stereocenters. The van der Waals surface area contributed by atoms with Crippen LogP contribution in [0.4, 0.5) is 10.2 Å². The predicted octanol–water partition coefficient (Wildman–Crippen LogP) is 2.06. The topological polar surface area (TPSA) is 84.3 Å². The van der Waals surface area contributed by atoms with Crippen LogP contribution in [0.3, 0.4) is 0 Å². The predicted molar refractivity (Wildman–Crippen MR) is 96.1 cm³/mol. The standard InChI is InChI=1S/C17H19FN4O3S/c1-4-26(24,25)20-17(23)15-9-16(21-10-11(2)12(21)3)22(19-15)14-7-5-13(18)6-8-14/h4-9,11-12H,1,10H2,2-3H3,(H,20,23)/t11-,12+/m0/s1. The lowest BCUT2D eigenvalue weighted by Gasteiger charge is -2.46. The number of hydrogen-bond acceptors (Lipinski definition) is 5. The van der Waals surface area contributed by atoms with Crippen molar-refractivity contribution in [2.75, 3.05) is 11.4 Å². The summed E-state index contributed by atoms with van der Waals surface area (Å²) in [5.74, 6) is -0.120. The van der Waals surface area contributed by atoms with Crippen LogP contribution in [0.5, 0.6) is 0 Å². The quantitative estimate of drug-likeness (QED) is 0.861. The SMILES string of the molecule is C=CS(=O)(=O)NC(=O)c1cc(N2C[C@H](C)[C@H]2C)n(-c2ccc(F)cc2)n1. The second-order valence-corrected chi connectivity index (χ2v) is 7.92. The van der Waals surface area contributed by atoms with Crippen LogP contribution in [0.1, 0.15) is 24.3 Å². The van der Waals surface area contributed by atoms with Crippen molar-refractivity contribution < 1.29 is 17.6 Å². The fourth-order valence-electron chi connectivity index (χ4n) is 2.78. The number of nitrogens with zero attached hydrogens (tertiary/aromatic N) is 3. The molecule has 9 heteroatoms. The first-order valence-corrected chi connectivity index (χ1v) is 9.58. The van der Waals surface area contributed by atoms with Crippen molar-refractivity contribution in [2.24, 2.45) is 5.92 Å². The number of anilines is 1. The van der Waals surface area contributed by atoms with Crippen LogP contribution in [0.2, 0.25) is 0 Å². The number of sulfonamides is 1. The van der Waals surface area contributed by atoms with Gasteiger partial charge in [0.05, 0.1) is 5.69 Å². The van der Waals surface area contributed by atoms with Crippen LogP contribution in [-0.2, 0) is 10.0 Å².